The van der Waals surface area contributed by atoms with Crippen LogP contribution in [0.3, 0.4) is 0 Å². The second-order valence-electron chi connectivity index (χ2n) is 3.34. The summed E-state index contributed by atoms with van der Waals surface area (Å²) in [7, 11) is 0. The maximum atomic E-state index is 6.18. The quantitative estimate of drug-likeness (QED) is 0.622. The third-order valence-corrected chi connectivity index (χ3v) is 5.46. The molecule has 1 aliphatic heterocycles. The number of nitrogens with one attached hydrogen (secondary N) is 1. The molecule has 0 atom stereocenters. The van der Waals surface area contributed by atoms with Crippen molar-refractivity contribution in [2.75, 3.05) is 5.32 Å². The number of hydrogen-bond acceptors (Lipinski definition) is 1. The Labute approximate surface area is 99.6 Å². The number of anilines is 2. The van der Waals surface area contributed by atoms with Crippen molar-refractivity contribution < 1.29 is 0 Å². The Kier molecular flexibility index (Phi) is 2.21. The first-order valence-electron chi connectivity index (χ1n) is 4.67. The Morgan fingerprint density at radius 2 is 1.73 bits per heavy atom. The number of fused-ring (bicyclic) bond motifs is 2. The molecule has 0 saturated carbocycles. The molecule has 2 aromatic rings. The van der Waals surface area contributed by atoms with Gasteiger partial charge in [-0.3, -0.25) is 0 Å². The first-order chi connectivity index (χ1) is 7.34. The number of hydrogen-bond donors (Lipinski definition) is 1. The fraction of sp³-hybridized carbons (Fsp3) is 0. The molecule has 2 aromatic carbocycles. The van der Waals surface area contributed by atoms with Gasteiger partial charge in [-0.15, -0.1) is 0 Å². The zero-order valence-electron chi connectivity index (χ0n) is 7.83. The molecule has 3 rings (SSSR count). The van der Waals surface area contributed by atoms with Gasteiger partial charge in [-0.05, 0) is 0 Å². The van der Waals surface area contributed by atoms with Gasteiger partial charge in [0.2, 0.25) is 0 Å². The summed E-state index contributed by atoms with van der Waals surface area (Å²) in [6, 6.07) is 14.4. The molecule has 0 fully saturated rings. The number of benzene rings is 2. The summed E-state index contributed by atoms with van der Waals surface area (Å²) in [5.41, 5.74) is 2.37. The van der Waals surface area contributed by atoms with Crippen molar-refractivity contribution in [3.63, 3.8) is 0 Å². The standard InChI is InChI=1S/C12H8ClNSe/c13-8-4-3-6-10-12(8)15-11-7-2-1-5-9(11)14-10/h1-7,14H. The van der Waals surface area contributed by atoms with Crippen molar-refractivity contribution >= 4 is 46.9 Å². The van der Waals surface area contributed by atoms with Crippen LogP contribution in [0.5, 0.6) is 0 Å². The van der Waals surface area contributed by atoms with Crippen LogP contribution >= 0.6 is 11.6 Å². The van der Waals surface area contributed by atoms with E-state index in [2.05, 4.69) is 35.6 Å². The maximum absolute atomic E-state index is 6.18. The van der Waals surface area contributed by atoms with E-state index in [1.807, 2.05) is 12.1 Å². The molecule has 15 heavy (non-hydrogen) atoms. The van der Waals surface area contributed by atoms with Gasteiger partial charge >= 0.3 is 99.7 Å². The van der Waals surface area contributed by atoms with Crippen LogP contribution in [0, 0.1) is 0 Å². The molecule has 74 valence electrons. The summed E-state index contributed by atoms with van der Waals surface area (Å²) in [5, 5.41) is 4.28. The van der Waals surface area contributed by atoms with Crippen molar-refractivity contribution in [2.45, 2.75) is 0 Å². The molecule has 0 amide bonds. The summed E-state index contributed by atoms with van der Waals surface area (Å²) in [4.78, 5) is 0. The Morgan fingerprint density at radius 3 is 2.67 bits per heavy atom. The molecule has 0 spiro atoms. The Hall–Kier alpha value is -0.951. The summed E-state index contributed by atoms with van der Waals surface area (Å²) in [6.07, 6.45) is 0. The van der Waals surface area contributed by atoms with Crippen molar-refractivity contribution in [3.8, 4) is 0 Å². The van der Waals surface area contributed by atoms with E-state index in [-0.39, 0.29) is 0 Å². The molecule has 1 aliphatic rings. The minimum absolute atomic E-state index is 0.315. The topological polar surface area (TPSA) is 12.0 Å². The molecule has 1 nitrogen and oxygen atoms in total. The zero-order chi connectivity index (χ0) is 10.3. The van der Waals surface area contributed by atoms with Gasteiger partial charge in [-0.25, -0.2) is 0 Å². The Bertz CT molecular complexity index is 525. The predicted octanol–water partition coefficient (Wildman–Crippen LogP) is 2.05. The Balaban J connectivity index is 2.15. The van der Waals surface area contributed by atoms with Crippen LogP contribution in [-0.2, 0) is 0 Å². The average Bonchev–Trinajstić information content (AvgIpc) is 2.27. The molecule has 0 radical (unpaired) electrons. The van der Waals surface area contributed by atoms with Gasteiger partial charge in [-0.2, -0.15) is 0 Å². The van der Waals surface area contributed by atoms with E-state index in [1.54, 1.807) is 0 Å². The molecule has 1 N–H and O–H groups in total. The van der Waals surface area contributed by atoms with E-state index < -0.39 is 0 Å². The molecule has 1 heterocycles. The summed E-state index contributed by atoms with van der Waals surface area (Å²) in [5.74, 6) is 0. The molecule has 0 saturated heterocycles. The van der Waals surface area contributed by atoms with Gasteiger partial charge in [0.15, 0.2) is 0 Å². The second-order valence-corrected chi connectivity index (χ2v) is 5.95. The number of halogens is 1. The van der Waals surface area contributed by atoms with Gasteiger partial charge in [0.05, 0.1) is 0 Å². The molecular weight excluding hydrogens is 273 g/mol. The van der Waals surface area contributed by atoms with E-state index in [0.29, 0.717) is 15.0 Å². The van der Waals surface area contributed by atoms with Crippen LogP contribution in [0.25, 0.3) is 0 Å². The molecule has 0 aliphatic carbocycles. The number of rotatable bonds is 0. The van der Waals surface area contributed by atoms with Crippen molar-refractivity contribution in [3.05, 3.63) is 47.5 Å². The number of para-hydroxylation sites is 1. The average molecular weight is 281 g/mol. The fourth-order valence-electron chi connectivity index (χ4n) is 1.62. The normalized spacial score (nSPS) is 12.6. The summed E-state index contributed by atoms with van der Waals surface area (Å²) in [6.45, 7) is 0. The molecule has 0 aromatic heterocycles. The van der Waals surface area contributed by atoms with E-state index in [0.717, 1.165) is 10.7 Å². The third kappa shape index (κ3) is 1.55. The van der Waals surface area contributed by atoms with E-state index in [9.17, 15) is 0 Å². The summed E-state index contributed by atoms with van der Waals surface area (Å²) >= 11 is 6.50. The van der Waals surface area contributed by atoms with E-state index >= 15 is 0 Å². The van der Waals surface area contributed by atoms with Gasteiger partial charge in [-0.1, -0.05) is 0 Å². The predicted molar refractivity (Wildman–Crippen MR) is 66.2 cm³/mol. The first-order valence-corrected chi connectivity index (χ1v) is 6.76. The first kappa shape index (κ1) is 9.29. The van der Waals surface area contributed by atoms with Gasteiger partial charge in [0.25, 0.3) is 0 Å². The molecular formula is C12H8ClNSe. The summed E-state index contributed by atoms with van der Waals surface area (Å²) < 4.78 is 2.62. The molecule has 0 unspecified atom stereocenters. The molecule has 3 heteroatoms. The van der Waals surface area contributed by atoms with Gasteiger partial charge in [0, 0.05) is 0 Å². The zero-order valence-corrected chi connectivity index (χ0v) is 10.3. The van der Waals surface area contributed by atoms with E-state index in [4.69, 9.17) is 11.6 Å². The van der Waals surface area contributed by atoms with Crippen LogP contribution in [0.15, 0.2) is 42.5 Å². The van der Waals surface area contributed by atoms with Gasteiger partial charge < -0.3 is 0 Å². The fourth-order valence-corrected chi connectivity index (χ4v) is 4.08. The van der Waals surface area contributed by atoms with Crippen molar-refractivity contribution in [1.82, 2.24) is 0 Å². The third-order valence-electron chi connectivity index (χ3n) is 2.34. The van der Waals surface area contributed by atoms with Crippen LogP contribution in [0.4, 0.5) is 11.4 Å². The molecule has 0 bridgehead atoms. The monoisotopic (exact) mass is 281 g/mol. The Morgan fingerprint density at radius 1 is 0.933 bits per heavy atom. The van der Waals surface area contributed by atoms with Crippen LogP contribution in [0.1, 0.15) is 0 Å². The second kappa shape index (κ2) is 3.57. The SMILES string of the molecule is Clc1cccc2c1[Se]c1ccccc1N2. The van der Waals surface area contributed by atoms with Crippen LogP contribution in [-0.4, -0.2) is 15.0 Å². The van der Waals surface area contributed by atoms with Crippen molar-refractivity contribution in [1.29, 1.82) is 0 Å². The van der Waals surface area contributed by atoms with Crippen LogP contribution in [0.2, 0.25) is 5.02 Å². The van der Waals surface area contributed by atoms with Gasteiger partial charge in [0.1, 0.15) is 0 Å². The van der Waals surface area contributed by atoms with Crippen LogP contribution < -0.4 is 14.2 Å². The van der Waals surface area contributed by atoms with E-state index in [1.165, 1.54) is 14.6 Å². The minimum atomic E-state index is 0.315. The van der Waals surface area contributed by atoms with Crippen molar-refractivity contribution in [2.24, 2.45) is 0 Å².